The minimum absolute atomic E-state index is 0.320. The second-order valence-electron chi connectivity index (χ2n) is 8.81. The minimum atomic E-state index is -0.716. The highest BCUT2D eigenvalue weighted by Gasteiger charge is 2.52. The summed E-state index contributed by atoms with van der Waals surface area (Å²) >= 11 is 0. The van der Waals surface area contributed by atoms with Crippen LogP contribution in [0.3, 0.4) is 0 Å². The molecule has 150 valence electrons. The summed E-state index contributed by atoms with van der Waals surface area (Å²) in [6.07, 6.45) is 3.72. The molecule has 2 aromatic rings. The van der Waals surface area contributed by atoms with Gasteiger partial charge in [-0.3, -0.25) is 9.00 Å². The van der Waals surface area contributed by atoms with Crippen LogP contribution in [0.4, 0.5) is 0 Å². The lowest BCUT2D eigenvalue weighted by Crippen LogP contribution is -2.41. The summed E-state index contributed by atoms with van der Waals surface area (Å²) in [6.45, 7) is 8.02. The van der Waals surface area contributed by atoms with Crippen LogP contribution in [0.25, 0.3) is 10.9 Å². The lowest BCUT2D eigenvalue weighted by molar-refractivity contribution is 0.00578. The molecule has 4 rings (SSSR count). The average Bonchev–Trinajstić information content (AvgIpc) is 3.13. The third-order valence-electron chi connectivity index (χ3n) is 6.46. The number of carbonyl (C=O) groups is 1. The number of fused-ring (bicyclic) bond motifs is 1. The first kappa shape index (κ1) is 19.7. The molecule has 2 aliphatic rings. The third kappa shape index (κ3) is 3.21. The molecule has 6 nitrogen and oxygen atoms in total. The van der Waals surface area contributed by atoms with E-state index < -0.39 is 35.0 Å². The molecule has 8 heteroatoms. The average molecular weight is 402 g/mol. The highest BCUT2D eigenvalue weighted by Crippen LogP contribution is 2.38. The molecule has 1 aromatic carbocycles. The molecular weight excluding hydrogens is 375 g/mol. The number of carbonyl (C=O) groups excluding carboxylic acids is 1. The molecule has 0 atom stereocenters. The van der Waals surface area contributed by atoms with Crippen molar-refractivity contribution in [2.24, 2.45) is 5.73 Å². The first-order valence-electron chi connectivity index (χ1n) is 9.74. The summed E-state index contributed by atoms with van der Waals surface area (Å²) in [7, 11) is -1.28. The van der Waals surface area contributed by atoms with Gasteiger partial charge in [0.2, 0.25) is 0 Å². The number of amides is 1. The fourth-order valence-corrected chi connectivity index (χ4v) is 5.33. The maximum atomic E-state index is 12.1. The van der Waals surface area contributed by atoms with Crippen molar-refractivity contribution in [1.29, 1.82) is 0 Å². The van der Waals surface area contributed by atoms with Gasteiger partial charge in [-0.25, -0.2) is 0 Å². The largest absolute Gasteiger partial charge is 0.494 e. The van der Waals surface area contributed by atoms with Gasteiger partial charge in [0.05, 0.1) is 22.3 Å². The summed E-state index contributed by atoms with van der Waals surface area (Å²) in [5, 5.41) is 0.971. The molecule has 0 saturated carbocycles. The van der Waals surface area contributed by atoms with Crippen LogP contribution in [-0.2, 0) is 20.1 Å². The zero-order valence-electron chi connectivity index (χ0n) is 16.8. The topological polar surface area (TPSA) is 94.4 Å². The molecule has 2 saturated heterocycles. The van der Waals surface area contributed by atoms with E-state index >= 15 is 0 Å². The van der Waals surface area contributed by atoms with E-state index in [-0.39, 0.29) is 0 Å². The number of hydrogen-bond acceptors (Lipinski definition) is 4. The minimum Gasteiger partial charge on any atom is -0.399 e. The van der Waals surface area contributed by atoms with Gasteiger partial charge in [-0.15, -0.1) is 0 Å². The summed E-state index contributed by atoms with van der Waals surface area (Å²) < 4.78 is 24.1. The maximum Gasteiger partial charge on any atom is 0.494 e. The number of H-pyrrole nitrogens is 1. The molecule has 0 aliphatic carbocycles. The van der Waals surface area contributed by atoms with Crippen LogP contribution >= 0.6 is 0 Å². The molecule has 0 spiro atoms. The van der Waals surface area contributed by atoms with E-state index in [9.17, 15) is 9.00 Å². The van der Waals surface area contributed by atoms with E-state index in [0.29, 0.717) is 11.5 Å². The molecule has 2 fully saturated rings. The van der Waals surface area contributed by atoms with Crippen LogP contribution in [0.1, 0.15) is 62.4 Å². The molecule has 0 radical (unpaired) electrons. The smallest absolute Gasteiger partial charge is 0.399 e. The maximum absolute atomic E-state index is 12.1. The standard InChI is InChI=1S/C20H27BN2O4S/c1-19(2)20(3,4)27-21(26-19)13-9-14-16(12-5-7-28(25)8-6-12)11-23-17(14)15(10-13)18(22)24/h9-12,23H,5-8H2,1-4H3,(H2,22,24). The molecule has 1 aromatic heterocycles. The first-order chi connectivity index (χ1) is 13.1. The zero-order valence-corrected chi connectivity index (χ0v) is 17.7. The zero-order chi connectivity index (χ0) is 20.3. The van der Waals surface area contributed by atoms with Crippen molar-refractivity contribution < 1.29 is 18.3 Å². The van der Waals surface area contributed by atoms with Gasteiger partial charge in [0.15, 0.2) is 0 Å². The number of rotatable bonds is 3. The Morgan fingerprint density at radius 1 is 1.18 bits per heavy atom. The van der Waals surface area contributed by atoms with Crippen molar-refractivity contribution in [3.63, 3.8) is 0 Å². The van der Waals surface area contributed by atoms with E-state index in [1.165, 1.54) is 0 Å². The summed E-state index contributed by atoms with van der Waals surface area (Å²) in [6, 6.07) is 3.81. The van der Waals surface area contributed by atoms with Gasteiger partial charge in [0.25, 0.3) is 5.91 Å². The summed E-state index contributed by atoms with van der Waals surface area (Å²) in [5.74, 6) is 1.27. The molecule has 28 heavy (non-hydrogen) atoms. The summed E-state index contributed by atoms with van der Waals surface area (Å²) in [5.41, 5.74) is 7.87. The van der Waals surface area contributed by atoms with E-state index in [0.717, 1.165) is 46.3 Å². The Bertz CT molecular complexity index is 943. The van der Waals surface area contributed by atoms with Crippen molar-refractivity contribution in [1.82, 2.24) is 4.98 Å². The van der Waals surface area contributed by atoms with E-state index in [1.54, 1.807) is 6.07 Å². The van der Waals surface area contributed by atoms with Crippen LogP contribution in [0.15, 0.2) is 18.3 Å². The van der Waals surface area contributed by atoms with Gasteiger partial charge in [-0.1, -0.05) is 6.07 Å². The highest BCUT2D eigenvalue weighted by atomic mass is 32.2. The van der Waals surface area contributed by atoms with Crippen LogP contribution < -0.4 is 11.2 Å². The van der Waals surface area contributed by atoms with E-state index in [4.69, 9.17) is 15.0 Å². The number of benzene rings is 1. The molecular formula is C20H27BN2O4S. The van der Waals surface area contributed by atoms with E-state index in [2.05, 4.69) is 4.98 Å². The normalized spacial score (nSPS) is 26.6. The van der Waals surface area contributed by atoms with Gasteiger partial charge in [-0.05, 0) is 63.5 Å². The fraction of sp³-hybridized carbons (Fsp3) is 0.550. The Hall–Kier alpha value is -1.64. The van der Waals surface area contributed by atoms with Gasteiger partial charge in [0, 0.05) is 33.9 Å². The van der Waals surface area contributed by atoms with Crippen LogP contribution in [0, 0.1) is 0 Å². The Kier molecular flexibility index (Phi) is 4.72. The van der Waals surface area contributed by atoms with Crippen molar-refractivity contribution >= 4 is 40.2 Å². The lowest BCUT2D eigenvalue weighted by Gasteiger charge is -2.32. The predicted molar refractivity (Wildman–Crippen MR) is 112 cm³/mol. The number of nitrogens with one attached hydrogen (secondary N) is 1. The quantitative estimate of drug-likeness (QED) is 0.770. The van der Waals surface area contributed by atoms with E-state index in [1.807, 2.05) is 40.0 Å². The van der Waals surface area contributed by atoms with Crippen molar-refractivity contribution in [3.05, 3.63) is 29.5 Å². The number of hydrogen-bond donors (Lipinski definition) is 2. The molecule has 0 bridgehead atoms. The summed E-state index contributed by atoms with van der Waals surface area (Å²) in [4.78, 5) is 15.4. The molecule has 3 heterocycles. The number of aromatic amines is 1. The number of aromatic nitrogens is 1. The molecule has 0 unspecified atom stereocenters. The Morgan fingerprint density at radius 3 is 2.36 bits per heavy atom. The number of primary amides is 1. The SMILES string of the molecule is CC1(C)OB(c2cc(C(N)=O)c3[nH]cc(C4CCS(=O)CC4)c3c2)OC1(C)C. The van der Waals surface area contributed by atoms with Crippen LogP contribution in [-0.4, -0.2) is 44.9 Å². The molecule has 1 amide bonds. The Labute approximate surface area is 168 Å². The van der Waals surface area contributed by atoms with Crippen molar-refractivity contribution in [2.45, 2.75) is 57.7 Å². The first-order valence-corrected chi connectivity index (χ1v) is 11.2. The van der Waals surface area contributed by atoms with Gasteiger partial charge >= 0.3 is 7.12 Å². The van der Waals surface area contributed by atoms with Crippen molar-refractivity contribution in [3.8, 4) is 0 Å². The van der Waals surface area contributed by atoms with Gasteiger partial charge in [-0.2, -0.15) is 0 Å². The van der Waals surface area contributed by atoms with Gasteiger partial charge < -0.3 is 20.0 Å². The molecule has 2 aliphatic heterocycles. The fourth-order valence-electron chi connectivity index (χ4n) is 4.03. The van der Waals surface area contributed by atoms with Crippen LogP contribution in [0.2, 0.25) is 0 Å². The monoisotopic (exact) mass is 402 g/mol. The van der Waals surface area contributed by atoms with Crippen LogP contribution in [0.5, 0.6) is 0 Å². The number of nitrogens with two attached hydrogens (primary N) is 1. The van der Waals surface area contributed by atoms with Crippen molar-refractivity contribution in [2.75, 3.05) is 11.5 Å². The Morgan fingerprint density at radius 2 is 1.79 bits per heavy atom. The van der Waals surface area contributed by atoms with Gasteiger partial charge in [0.1, 0.15) is 0 Å². The third-order valence-corrected chi connectivity index (χ3v) is 7.84. The Balaban J connectivity index is 1.79. The lowest BCUT2D eigenvalue weighted by atomic mass is 9.77. The predicted octanol–water partition coefficient (Wildman–Crippen LogP) is 2.19. The second kappa shape index (κ2) is 6.71. The second-order valence-corrected chi connectivity index (χ2v) is 10.5. The highest BCUT2D eigenvalue weighted by molar-refractivity contribution is 7.85. The molecule has 3 N–H and O–H groups in total.